The molecule has 0 aliphatic rings. The van der Waals surface area contributed by atoms with Crippen LogP contribution >= 0.6 is 0 Å². The Hall–Kier alpha value is -3.02. The maximum atomic E-state index is 12.9. The van der Waals surface area contributed by atoms with E-state index in [2.05, 4.69) is 15.3 Å². The number of pyridine rings is 1. The van der Waals surface area contributed by atoms with Crippen molar-refractivity contribution in [3.8, 4) is 11.6 Å². The molecule has 0 radical (unpaired) electrons. The molecular weight excluding hydrogens is 389 g/mol. The molecular formula is C15H11F3N4O4S. The molecule has 1 aromatic carbocycles. The van der Waals surface area contributed by atoms with Crippen LogP contribution in [0.1, 0.15) is 12.5 Å². The third kappa shape index (κ3) is 3.35. The van der Waals surface area contributed by atoms with Crippen molar-refractivity contribution in [2.24, 2.45) is 0 Å². The fourth-order valence-corrected chi connectivity index (χ4v) is 3.36. The lowest BCUT2D eigenvalue weighted by Gasteiger charge is -2.11. The first-order valence-electron chi connectivity index (χ1n) is 7.43. The molecule has 0 aliphatic heterocycles. The second-order valence-corrected chi connectivity index (χ2v) is 7.70. The highest BCUT2D eigenvalue weighted by Gasteiger charge is 2.31. The molecule has 3 rings (SSSR count). The van der Waals surface area contributed by atoms with Crippen LogP contribution in [0.2, 0.25) is 0 Å². The van der Waals surface area contributed by atoms with Gasteiger partial charge in [0, 0.05) is 6.07 Å². The Morgan fingerprint density at radius 3 is 2.56 bits per heavy atom. The second-order valence-electron chi connectivity index (χ2n) is 5.45. The molecule has 1 N–H and O–H groups in total. The Balaban J connectivity index is 2.34. The van der Waals surface area contributed by atoms with Gasteiger partial charge in [-0.05, 0) is 18.2 Å². The molecule has 0 bridgehead atoms. The van der Waals surface area contributed by atoms with E-state index in [1.165, 1.54) is 6.92 Å². The lowest BCUT2D eigenvalue weighted by molar-refractivity contribution is -0.137. The Morgan fingerprint density at radius 1 is 1.22 bits per heavy atom. The van der Waals surface area contributed by atoms with Gasteiger partial charge in [-0.1, -0.05) is 12.1 Å². The van der Waals surface area contributed by atoms with Crippen LogP contribution in [0.4, 0.5) is 13.2 Å². The number of hydrogen-bond acceptors (Lipinski definition) is 7. The minimum absolute atomic E-state index is 0.0945. The van der Waals surface area contributed by atoms with Crippen LogP contribution in [-0.4, -0.2) is 39.3 Å². The molecule has 0 unspecified atom stereocenters. The zero-order valence-corrected chi connectivity index (χ0v) is 14.4. The molecule has 0 spiro atoms. The summed E-state index contributed by atoms with van der Waals surface area (Å²) < 4.78 is 63.7. The van der Waals surface area contributed by atoms with Crippen molar-refractivity contribution in [2.45, 2.75) is 18.0 Å². The Bertz CT molecular complexity index is 1210. The van der Waals surface area contributed by atoms with Gasteiger partial charge in [0.1, 0.15) is 16.2 Å². The molecule has 3 aromatic rings. The maximum absolute atomic E-state index is 12.9. The van der Waals surface area contributed by atoms with Crippen LogP contribution in [0.25, 0.3) is 16.7 Å². The predicted molar refractivity (Wildman–Crippen MR) is 87.3 cm³/mol. The smallest absolute Gasteiger partial charge is 0.416 e. The summed E-state index contributed by atoms with van der Waals surface area (Å²) in [6.45, 7) is 1.34. The molecule has 8 nitrogen and oxygen atoms in total. The van der Waals surface area contributed by atoms with Gasteiger partial charge in [0.2, 0.25) is 0 Å². The van der Waals surface area contributed by atoms with Gasteiger partial charge in [0.15, 0.2) is 15.7 Å². The number of nitrogens with zero attached hydrogens (tertiary/aromatic N) is 4. The molecule has 0 aliphatic carbocycles. The monoisotopic (exact) mass is 400 g/mol. The van der Waals surface area contributed by atoms with Gasteiger partial charge in [0.05, 0.1) is 22.9 Å². The molecule has 2 aromatic heterocycles. The third-order valence-electron chi connectivity index (χ3n) is 3.72. The third-order valence-corrected chi connectivity index (χ3v) is 5.45. The highest BCUT2D eigenvalue weighted by Crippen LogP contribution is 2.30. The first kappa shape index (κ1) is 18.8. The second kappa shape index (κ2) is 6.30. The van der Waals surface area contributed by atoms with E-state index in [-0.39, 0.29) is 11.3 Å². The van der Waals surface area contributed by atoms with E-state index in [9.17, 15) is 31.5 Å². The van der Waals surface area contributed by atoms with Crippen LogP contribution in [0.5, 0.6) is 5.75 Å². The molecule has 0 amide bonds. The van der Waals surface area contributed by atoms with E-state index in [4.69, 9.17) is 0 Å². The molecule has 12 heteroatoms. The highest BCUT2D eigenvalue weighted by atomic mass is 32.2. The summed E-state index contributed by atoms with van der Waals surface area (Å²) in [6, 6.07) is 3.24. The zero-order chi connectivity index (χ0) is 20.0. The summed E-state index contributed by atoms with van der Waals surface area (Å²) in [4.78, 5) is 15.9. The van der Waals surface area contributed by atoms with Crippen molar-refractivity contribution >= 4 is 20.7 Å². The number of halogens is 3. The predicted octanol–water partition coefficient (Wildman–Crippen LogP) is 1.69. The summed E-state index contributed by atoms with van der Waals surface area (Å²) in [5, 5.41) is 16.4. The highest BCUT2D eigenvalue weighted by molar-refractivity contribution is 7.91. The number of hydrogen-bond donors (Lipinski definition) is 1. The van der Waals surface area contributed by atoms with E-state index < -0.39 is 49.0 Å². The van der Waals surface area contributed by atoms with Gasteiger partial charge in [-0.15, -0.1) is 5.10 Å². The fraction of sp³-hybridized carbons (Fsp3) is 0.200. The summed E-state index contributed by atoms with van der Waals surface area (Å²) in [7, 11) is -3.93. The first-order chi connectivity index (χ1) is 12.5. The molecule has 0 saturated heterocycles. The first-order valence-corrected chi connectivity index (χ1v) is 9.09. The summed E-state index contributed by atoms with van der Waals surface area (Å²) in [5.74, 6) is -1.29. The van der Waals surface area contributed by atoms with Crippen molar-refractivity contribution in [3.05, 3.63) is 46.4 Å². The Labute approximate surface area is 149 Å². The van der Waals surface area contributed by atoms with E-state index >= 15 is 0 Å². The maximum Gasteiger partial charge on any atom is 0.416 e. The number of aromatic nitrogens is 4. The van der Waals surface area contributed by atoms with Gasteiger partial charge in [0.25, 0.3) is 5.56 Å². The van der Waals surface area contributed by atoms with Crippen LogP contribution in [-0.2, 0) is 16.0 Å². The average Bonchev–Trinajstić information content (AvgIpc) is 2.61. The SMILES string of the molecule is CCS(=O)(=O)c1cc(O)cnc1-n1nnc2ccc(C(F)(F)F)cc2c1=O. The van der Waals surface area contributed by atoms with Crippen molar-refractivity contribution < 1.29 is 26.7 Å². The van der Waals surface area contributed by atoms with Crippen LogP contribution in [0.15, 0.2) is 40.2 Å². The van der Waals surface area contributed by atoms with Crippen LogP contribution in [0, 0.1) is 0 Å². The van der Waals surface area contributed by atoms with Crippen molar-refractivity contribution in [1.29, 1.82) is 0 Å². The summed E-state index contributed by atoms with van der Waals surface area (Å²) in [6.07, 6.45) is -3.79. The fourth-order valence-electron chi connectivity index (χ4n) is 2.33. The van der Waals surface area contributed by atoms with E-state index in [1.54, 1.807) is 0 Å². The number of fused-ring (bicyclic) bond motifs is 1. The average molecular weight is 400 g/mol. The zero-order valence-electron chi connectivity index (χ0n) is 13.6. The lowest BCUT2D eigenvalue weighted by Crippen LogP contribution is -2.26. The molecule has 0 saturated carbocycles. The van der Waals surface area contributed by atoms with E-state index in [1.807, 2.05) is 0 Å². The largest absolute Gasteiger partial charge is 0.506 e. The van der Waals surface area contributed by atoms with Gasteiger partial charge in [-0.25, -0.2) is 13.4 Å². The molecule has 27 heavy (non-hydrogen) atoms. The number of aromatic hydroxyl groups is 1. The van der Waals surface area contributed by atoms with Crippen molar-refractivity contribution in [3.63, 3.8) is 0 Å². The number of sulfone groups is 1. The lowest BCUT2D eigenvalue weighted by atomic mass is 10.1. The number of alkyl halides is 3. The minimum atomic E-state index is -4.68. The van der Waals surface area contributed by atoms with Gasteiger partial charge in [-0.3, -0.25) is 4.79 Å². The molecule has 142 valence electrons. The normalized spacial score (nSPS) is 12.4. The van der Waals surface area contributed by atoms with E-state index in [0.717, 1.165) is 24.4 Å². The molecule has 0 fully saturated rings. The van der Waals surface area contributed by atoms with Gasteiger partial charge in [-0.2, -0.15) is 17.9 Å². The van der Waals surface area contributed by atoms with Crippen LogP contribution in [0.3, 0.4) is 0 Å². The Kier molecular flexibility index (Phi) is 4.38. The van der Waals surface area contributed by atoms with Crippen molar-refractivity contribution in [2.75, 3.05) is 5.75 Å². The summed E-state index contributed by atoms with van der Waals surface area (Å²) >= 11 is 0. The van der Waals surface area contributed by atoms with E-state index in [0.29, 0.717) is 10.7 Å². The van der Waals surface area contributed by atoms with Crippen molar-refractivity contribution in [1.82, 2.24) is 20.0 Å². The van der Waals surface area contributed by atoms with Gasteiger partial charge >= 0.3 is 6.18 Å². The number of benzene rings is 1. The van der Waals surface area contributed by atoms with Crippen LogP contribution < -0.4 is 5.56 Å². The minimum Gasteiger partial charge on any atom is -0.506 e. The quantitative estimate of drug-likeness (QED) is 0.711. The standard InChI is InChI=1S/C15H11F3N4O4S/c1-2-27(25,26)12-6-9(23)7-19-13(12)22-14(24)10-5-8(15(16,17)18)3-4-11(10)20-21-22/h3-7,23H,2H2,1H3. The summed E-state index contributed by atoms with van der Waals surface area (Å²) in [5.41, 5.74) is -2.19. The molecule has 2 heterocycles. The number of rotatable bonds is 3. The van der Waals surface area contributed by atoms with Gasteiger partial charge < -0.3 is 5.11 Å². The topological polar surface area (TPSA) is 115 Å². The molecule has 0 atom stereocenters. The Morgan fingerprint density at radius 2 is 1.93 bits per heavy atom.